The molecule has 7 heteroatoms. The van der Waals surface area contributed by atoms with Gasteiger partial charge in [-0.15, -0.1) is 0 Å². The summed E-state index contributed by atoms with van der Waals surface area (Å²) < 4.78 is 20.8. The summed E-state index contributed by atoms with van der Waals surface area (Å²) in [6.07, 6.45) is 3.32. The number of nitrogens with zero attached hydrogens (tertiary/aromatic N) is 2. The SMILES string of the molecule is CN(C)CCOc1cccc(C(=O)N2[C@H]3CCCCC(=O)N[C@@]3(C)C[C@H]2c2ccccc2F)c1. The molecule has 3 atom stereocenters. The van der Waals surface area contributed by atoms with Crippen LogP contribution in [0.4, 0.5) is 4.39 Å². The van der Waals surface area contributed by atoms with Gasteiger partial charge in [0.25, 0.3) is 5.91 Å². The van der Waals surface area contributed by atoms with E-state index in [4.69, 9.17) is 4.74 Å². The predicted octanol–water partition coefficient (Wildman–Crippen LogP) is 4.17. The first-order valence-corrected chi connectivity index (χ1v) is 12.0. The van der Waals surface area contributed by atoms with Crippen molar-refractivity contribution in [3.8, 4) is 5.75 Å². The van der Waals surface area contributed by atoms with Crippen molar-refractivity contribution >= 4 is 11.8 Å². The molecule has 2 fully saturated rings. The number of fused-ring (bicyclic) bond motifs is 1. The van der Waals surface area contributed by atoms with E-state index in [0.717, 1.165) is 25.8 Å². The highest BCUT2D eigenvalue weighted by molar-refractivity contribution is 5.95. The smallest absolute Gasteiger partial charge is 0.254 e. The molecule has 0 unspecified atom stereocenters. The Kier molecular flexibility index (Phi) is 7.22. The number of hydrogen-bond donors (Lipinski definition) is 1. The summed E-state index contributed by atoms with van der Waals surface area (Å²) in [7, 11) is 3.95. The molecule has 0 spiro atoms. The molecule has 4 rings (SSSR count). The molecule has 2 aliphatic heterocycles. The molecule has 0 aromatic heterocycles. The van der Waals surface area contributed by atoms with E-state index in [1.807, 2.05) is 43.0 Å². The molecule has 6 nitrogen and oxygen atoms in total. The Morgan fingerprint density at radius 1 is 1.21 bits per heavy atom. The number of ether oxygens (including phenoxy) is 1. The van der Waals surface area contributed by atoms with Gasteiger partial charge in [-0.1, -0.05) is 30.7 Å². The monoisotopic (exact) mass is 467 g/mol. The largest absolute Gasteiger partial charge is 0.492 e. The van der Waals surface area contributed by atoms with E-state index in [0.29, 0.717) is 36.3 Å². The second kappa shape index (κ2) is 10.1. The van der Waals surface area contributed by atoms with Crippen molar-refractivity contribution in [1.82, 2.24) is 15.1 Å². The number of hydrogen-bond acceptors (Lipinski definition) is 4. The van der Waals surface area contributed by atoms with Gasteiger partial charge in [-0.2, -0.15) is 0 Å². The Morgan fingerprint density at radius 3 is 2.76 bits per heavy atom. The van der Waals surface area contributed by atoms with Crippen LogP contribution < -0.4 is 10.1 Å². The van der Waals surface area contributed by atoms with Gasteiger partial charge in [0.05, 0.1) is 17.6 Å². The predicted molar refractivity (Wildman–Crippen MR) is 129 cm³/mol. The van der Waals surface area contributed by atoms with Gasteiger partial charge in [0.1, 0.15) is 18.2 Å². The summed E-state index contributed by atoms with van der Waals surface area (Å²) in [6.45, 7) is 3.27. The maximum Gasteiger partial charge on any atom is 0.254 e. The van der Waals surface area contributed by atoms with Gasteiger partial charge in [0.15, 0.2) is 0 Å². The normalized spacial score (nSPS) is 24.9. The molecule has 2 heterocycles. The third-order valence-electron chi connectivity index (χ3n) is 6.97. The first-order chi connectivity index (χ1) is 16.3. The van der Waals surface area contributed by atoms with Crippen LogP contribution in [0.5, 0.6) is 5.75 Å². The zero-order chi connectivity index (χ0) is 24.3. The van der Waals surface area contributed by atoms with Crippen LogP contribution in [-0.4, -0.2) is 60.4 Å². The molecule has 2 saturated heterocycles. The number of amides is 2. The first-order valence-electron chi connectivity index (χ1n) is 12.0. The second-order valence-corrected chi connectivity index (χ2v) is 9.86. The van der Waals surface area contributed by atoms with E-state index in [2.05, 4.69) is 5.32 Å². The number of nitrogens with one attached hydrogen (secondary N) is 1. The highest BCUT2D eigenvalue weighted by atomic mass is 19.1. The maximum atomic E-state index is 14.9. The fourth-order valence-electron chi connectivity index (χ4n) is 5.26. The van der Waals surface area contributed by atoms with E-state index < -0.39 is 11.6 Å². The Balaban J connectivity index is 1.69. The minimum Gasteiger partial charge on any atom is -0.492 e. The fourth-order valence-corrected chi connectivity index (χ4v) is 5.26. The summed E-state index contributed by atoms with van der Waals surface area (Å²) in [5.74, 6) is 0.110. The van der Waals surface area contributed by atoms with Crippen LogP contribution in [0, 0.1) is 5.82 Å². The highest BCUT2D eigenvalue weighted by Gasteiger charge is 2.53. The van der Waals surface area contributed by atoms with Gasteiger partial charge in [-0.05, 0) is 64.5 Å². The van der Waals surface area contributed by atoms with Crippen LogP contribution in [0.2, 0.25) is 0 Å². The summed E-state index contributed by atoms with van der Waals surface area (Å²) in [5.41, 5.74) is 0.359. The lowest BCUT2D eigenvalue weighted by Crippen LogP contribution is -2.56. The van der Waals surface area contributed by atoms with E-state index >= 15 is 0 Å². The van der Waals surface area contributed by atoms with Crippen LogP contribution in [0.1, 0.15) is 61.0 Å². The standard InChI is InChI=1S/C27H34FN3O3/c1-27-18-23(21-11-4-5-12-22(21)28)31(24(27)13-6-7-14-25(32)29-27)26(33)19-9-8-10-20(17-19)34-16-15-30(2)3/h4-5,8-12,17,23-24H,6-7,13-16,18H2,1-3H3,(H,29,32)/t23-,24-,27-/m0/s1. The van der Waals surface area contributed by atoms with Gasteiger partial charge in [0.2, 0.25) is 5.91 Å². The Labute approximate surface area is 201 Å². The third kappa shape index (κ3) is 5.09. The quantitative estimate of drug-likeness (QED) is 0.693. The van der Waals surface area contributed by atoms with Crippen molar-refractivity contribution < 1.29 is 18.7 Å². The average Bonchev–Trinajstić information content (AvgIpc) is 3.06. The minimum atomic E-state index is -0.625. The van der Waals surface area contributed by atoms with Crippen LogP contribution in [0.3, 0.4) is 0 Å². The Morgan fingerprint density at radius 2 is 2.00 bits per heavy atom. The molecule has 2 aromatic carbocycles. The van der Waals surface area contributed by atoms with Crippen LogP contribution in [0.15, 0.2) is 48.5 Å². The maximum absolute atomic E-state index is 14.9. The van der Waals surface area contributed by atoms with Crippen molar-refractivity contribution in [2.45, 2.75) is 56.7 Å². The molecule has 0 saturated carbocycles. The van der Waals surface area contributed by atoms with Crippen molar-refractivity contribution in [2.75, 3.05) is 27.2 Å². The zero-order valence-corrected chi connectivity index (χ0v) is 20.2. The molecule has 2 aliphatic rings. The molecule has 2 aromatic rings. The molecular formula is C27H34FN3O3. The lowest BCUT2D eigenvalue weighted by Gasteiger charge is -2.38. The topological polar surface area (TPSA) is 61.9 Å². The molecule has 1 N–H and O–H groups in total. The Bertz CT molecular complexity index is 1040. The van der Waals surface area contributed by atoms with Gasteiger partial charge in [-0.25, -0.2) is 4.39 Å². The van der Waals surface area contributed by atoms with Crippen molar-refractivity contribution in [1.29, 1.82) is 0 Å². The highest BCUT2D eigenvalue weighted by Crippen LogP contribution is 2.46. The van der Waals surface area contributed by atoms with Crippen LogP contribution >= 0.6 is 0 Å². The fraction of sp³-hybridized carbons (Fsp3) is 0.481. The van der Waals surface area contributed by atoms with Crippen LogP contribution in [0.25, 0.3) is 0 Å². The number of likely N-dealkylation sites (tertiary alicyclic amines) is 1. The Hall–Kier alpha value is -2.93. The number of benzene rings is 2. The molecular weight excluding hydrogens is 433 g/mol. The minimum absolute atomic E-state index is 0.00919. The molecule has 0 aliphatic carbocycles. The molecule has 0 radical (unpaired) electrons. The number of carbonyl (C=O) groups is 2. The van der Waals surface area contributed by atoms with Crippen molar-refractivity contribution in [3.05, 3.63) is 65.5 Å². The van der Waals surface area contributed by atoms with Crippen LogP contribution in [-0.2, 0) is 4.79 Å². The van der Waals surface area contributed by atoms with E-state index in [-0.39, 0.29) is 23.7 Å². The summed E-state index contributed by atoms with van der Waals surface area (Å²) >= 11 is 0. The van der Waals surface area contributed by atoms with E-state index in [9.17, 15) is 14.0 Å². The number of halogens is 1. The summed E-state index contributed by atoms with van der Waals surface area (Å²) in [5, 5.41) is 3.18. The summed E-state index contributed by atoms with van der Waals surface area (Å²) in [6, 6.07) is 13.1. The third-order valence-corrected chi connectivity index (χ3v) is 6.97. The lowest BCUT2D eigenvalue weighted by molar-refractivity contribution is -0.123. The number of likely N-dealkylation sites (N-methyl/N-ethyl adjacent to an activating group) is 1. The summed E-state index contributed by atoms with van der Waals surface area (Å²) in [4.78, 5) is 30.3. The van der Waals surface area contributed by atoms with Gasteiger partial charge in [0, 0.05) is 24.1 Å². The molecule has 34 heavy (non-hydrogen) atoms. The first kappa shape index (κ1) is 24.2. The lowest BCUT2D eigenvalue weighted by atomic mass is 9.85. The number of rotatable bonds is 6. The number of carbonyl (C=O) groups excluding carboxylic acids is 2. The molecule has 182 valence electrons. The molecule has 0 bridgehead atoms. The van der Waals surface area contributed by atoms with Gasteiger partial charge in [-0.3, -0.25) is 9.59 Å². The zero-order valence-electron chi connectivity index (χ0n) is 20.2. The van der Waals surface area contributed by atoms with E-state index in [1.165, 1.54) is 6.07 Å². The van der Waals surface area contributed by atoms with Crippen molar-refractivity contribution in [3.63, 3.8) is 0 Å². The van der Waals surface area contributed by atoms with Crippen molar-refractivity contribution in [2.24, 2.45) is 0 Å². The van der Waals surface area contributed by atoms with Gasteiger partial charge < -0.3 is 19.9 Å². The average molecular weight is 468 g/mol. The second-order valence-electron chi connectivity index (χ2n) is 9.86. The van der Waals surface area contributed by atoms with Gasteiger partial charge >= 0.3 is 0 Å². The van der Waals surface area contributed by atoms with E-state index in [1.54, 1.807) is 30.3 Å². The molecule has 2 amide bonds.